The number of carbonyl (C=O) groups is 2. The molecule has 1 fully saturated rings. The summed E-state index contributed by atoms with van der Waals surface area (Å²) in [5.74, 6) is 0.510. The molecule has 1 amide bonds. The average molecular weight is 392 g/mol. The highest BCUT2D eigenvalue weighted by Gasteiger charge is 2.26. The second-order valence-corrected chi connectivity index (χ2v) is 7.42. The zero-order valence-electron chi connectivity index (χ0n) is 15.8. The summed E-state index contributed by atoms with van der Waals surface area (Å²) in [4.78, 5) is 39.6. The summed E-state index contributed by atoms with van der Waals surface area (Å²) in [5.41, 5.74) is 6.33. The molecule has 0 atom stereocenters. The van der Waals surface area contributed by atoms with E-state index in [9.17, 15) is 9.59 Å². The maximum Gasteiger partial charge on any atom is 0.339 e. The fourth-order valence-corrected chi connectivity index (χ4v) is 3.97. The Labute approximate surface area is 161 Å². The van der Waals surface area contributed by atoms with E-state index in [-0.39, 0.29) is 11.9 Å². The number of hydrogen-bond acceptors (Lipinski definition) is 9. The van der Waals surface area contributed by atoms with Crippen LogP contribution in [0.25, 0.3) is 10.2 Å². The molecule has 3 rings (SSSR count). The van der Waals surface area contributed by atoms with Crippen LogP contribution in [0, 0.1) is 0 Å². The second kappa shape index (κ2) is 8.05. The smallest absolute Gasteiger partial charge is 0.339 e. The molecular weight excluding hydrogens is 368 g/mol. The molecule has 10 heteroatoms. The minimum Gasteiger partial charge on any atom is -0.462 e. The summed E-state index contributed by atoms with van der Waals surface area (Å²) in [6.45, 7) is 4.88. The summed E-state index contributed by atoms with van der Waals surface area (Å²) >= 11 is 1.34. The third-order valence-electron chi connectivity index (χ3n) is 4.31. The van der Waals surface area contributed by atoms with Gasteiger partial charge < -0.3 is 25.2 Å². The predicted octanol–water partition coefficient (Wildman–Crippen LogP) is 0.660. The monoisotopic (exact) mass is 392 g/mol. The molecule has 2 aromatic rings. The molecule has 0 aliphatic carbocycles. The molecule has 2 N–H and O–H groups in total. The highest BCUT2D eigenvalue weighted by Crippen LogP contribution is 2.33. The Balaban J connectivity index is 1.85. The van der Waals surface area contributed by atoms with Crippen molar-refractivity contribution in [3.8, 4) is 0 Å². The molecule has 2 aromatic heterocycles. The number of nitrogens with two attached hydrogens (primary N) is 1. The van der Waals surface area contributed by atoms with Gasteiger partial charge in [-0.05, 0) is 21.0 Å². The van der Waals surface area contributed by atoms with Crippen LogP contribution in [0.4, 0.5) is 11.8 Å². The van der Waals surface area contributed by atoms with Gasteiger partial charge in [0.1, 0.15) is 10.6 Å². The fraction of sp³-hybridized carbons (Fsp3) is 0.529. The van der Waals surface area contributed by atoms with E-state index >= 15 is 0 Å². The summed E-state index contributed by atoms with van der Waals surface area (Å²) in [7, 11) is 3.75. The second-order valence-electron chi connectivity index (χ2n) is 6.56. The average Bonchev–Trinajstić information content (AvgIpc) is 3.04. The SMILES string of the molecule is CCOC(=O)c1csc2nc(N)nc(N3CCN(C(=O)CN(C)C)CC3)c12. The Hall–Kier alpha value is -2.46. The number of esters is 1. The molecule has 0 spiro atoms. The Morgan fingerprint density at radius 2 is 1.96 bits per heavy atom. The van der Waals surface area contributed by atoms with Gasteiger partial charge in [-0.25, -0.2) is 9.78 Å². The first kappa shape index (κ1) is 19.3. The standard InChI is InChI=1S/C17H24N6O3S/c1-4-26-16(25)11-10-27-15-13(11)14(19-17(18)20-15)23-7-5-22(6-8-23)12(24)9-21(2)3/h10H,4-9H2,1-3H3,(H2,18,19,20). The van der Waals surface area contributed by atoms with Gasteiger partial charge in [0, 0.05) is 31.6 Å². The van der Waals surface area contributed by atoms with Gasteiger partial charge in [-0.3, -0.25) is 4.79 Å². The number of nitrogens with zero attached hydrogens (tertiary/aromatic N) is 5. The van der Waals surface area contributed by atoms with Crippen molar-refractivity contribution in [3.05, 3.63) is 10.9 Å². The van der Waals surface area contributed by atoms with Gasteiger partial charge in [0.05, 0.1) is 24.1 Å². The van der Waals surface area contributed by atoms with Gasteiger partial charge in [-0.2, -0.15) is 4.98 Å². The normalized spacial score (nSPS) is 14.8. The van der Waals surface area contributed by atoms with E-state index < -0.39 is 5.97 Å². The van der Waals surface area contributed by atoms with E-state index in [0.29, 0.717) is 60.9 Å². The summed E-state index contributed by atoms with van der Waals surface area (Å²) in [6.07, 6.45) is 0. The Morgan fingerprint density at radius 1 is 1.26 bits per heavy atom. The van der Waals surface area contributed by atoms with Crippen LogP contribution in [0.15, 0.2) is 5.38 Å². The zero-order chi connectivity index (χ0) is 19.6. The third-order valence-corrected chi connectivity index (χ3v) is 5.18. The molecule has 146 valence electrons. The topological polar surface area (TPSA) is 105 Å². The molecule has 0 radical (unpaired) electrons. The summed E-state index contributed by atoms with van der Waals surface area (Å²) in [5, 5.41) is 2.40. The summed E-state index contributed by atoms with van der Waals surface area (Å²) < 4.78 is 5.16. The number of thiophene rings is 1. The van der Waals surface area contributed by atoms with Gasteiger partial charge in [0.2, 0.25) is 11.9 Å². The molecule has 0 unspecified atom stereocenters. The lowest BCUT2D eigenvalue weighted by Crippen LogP contribution is -2.51. The maximum atomic E-state index is 12.3. The van der Waals surface area contributed by atoms with Gasteiger partial charge in [0.15, 0.2) is 0 Å². The number of carbonyl (C=O) groups excluding carboxylic acids is 2. The van der Waals surface area contributed by atoms with Crippen molar-refractivity contribution in [2.24, 2.45) is 0 Å². The van der Waals surface area contributed by atoms with Crippen molar-refractivity contribution < 1.29 is 14.3 Å². The van der Waals surface area contributed by atoms with E-state index in [1.165, 1.54) is 11.3 Å². The number of hydrogen-bond donors (Lipinski definition) is 1. The fourth-order valence-electron chi connectivity index (χ4n) is 3.07. The number of rotatable bonds is 5. The number of piperazine rings is 1. The van der Waals surface area contributed by atoms with Gasteiger partial charge >= 0.3 is 5.97 Å². The molecule has 9 nitrogen and oxygen atoms in total. The number of anilines is 2. The molecule has 0 bridgehead atoms. The zero-order valence-corrected chi connectivity index (χ0v) is 16.6. The van der Waals surface area contributed by atoms with E-state index in [1.54, 1.807) is 12.3 Å². The van der Waals surface area contributed by atoms with Gasteiger partial charge in [0.25, 0.3) is 0 Å². The van der Waals surface area contributed by atoms with Crippen LogP contribution >= 0.6 is 11.3 Å². The van der Waals surface area contributed by atoms with Crippen molar-refractivity contribution in [2.45, 2.75) is 6.92 Å². The molecule has 1 aliphatic rings. The molecular formula is C17H24N6O3S. The predicted molar refractivity (Wildman–Crippen MR) is 105 cm³/mol. The van der Waals surface area contributed by atoms with Gasteiger partial charge in [-0.1, -0.05) is 0 Å². The van der Waals surface area contributed by atoms with Crippen molar-refractivity contribution >= 4 is 45.2 Å². The first-order valence-corrected chi connectivity index (χ1v) is 9.68. The van der Waals surface area contributed by atoms with E-state index in [1.807, 2.05) is 23.9 Å². The van der Waals surface area contributed by atoms with Crippen LogP contribution < -0.4 is 10.6 Å². The molecule has 27 heavy (non-hydrogen) atoms. The van der Waals surface area contributed by atoms with Crippen LogP contribution in [0.5, 0.6) is 0 Å². The minimum atomic E-state index is -0.391. The highest BCUT2D eigenvalue weighted by atomic mass is 32.1. The largest absolute Gasteiger partial charge is 0.462 e. The number of fused-ring (bicyclic) bond motifs is 1. The highest BCUT2D eigenvalue weighted by molar-refractivity contribution is 7.17. The maximum absolute atomic E-state index is 12.3. The van der Waals surface area contributed by atoms with Crippen LogP contribution in [-0.4, -0.2) is 85.1 Å². The Morgan fingerprint density at radius 3 is 2.59 bits per heavy atom. The number of nitrogen functional groups attached to an aromatic ring is 1. The first-order valence-electron chi connectivity index (χ1n) is 8.80. The van der Waals surface area contributed by atoms with Crippen molar-refractivity contribution in [2.75, 3.05) is 64.1 Å². The quantitative estimate of drug-likeness (QED) is 0.740. The first-order chi connectivity index (χ1) is 12.9. The molecule has 0 saturated carbocycles. The lowest BCUT2D eigenvalue weighted by Gasteiger charge is -2.36. The summed E-state index contributed by atoms with van der Waals surface area (Å²) in [6, 6.07) is 0. The number of ether oxygens (including phenoxy) is 1. The third kappa shape index (κ3) is 4.11. The number of likely N-dealkylation sites (N-methyl/N-ethyl adjacent to an activating group) is 1. The van der Waals surface area contributed by atoms with E-state index in [4.69, 9.17) is 10.5 Å². The van der Waals surface area contributed by atoms with Crippen molar-refractivity contribution in [1.82, 2.24) is 19.8 Å². The number of amides is 1. The lowest BCUT2D eigenvalue weighted by atomic mass is 10.2. The molecule has 1 saturated heterocycles. The molecule has 0 aromatic carbocycles. The number of aromatic nitrogens is 2. The minimum absolute atomic E-state index is 0.106. The molecule has 3 heterocycles. The Bertz CT molecular complexity index is 845. The van der Waals surface area contributed by atoms with Crippen LogP contribution in [0.3, 0.4) is 0 Å². The van der Waals surface area contributed by atoms with E-state index in [2.05, 4.69) is 14.9 Å². The van der Waals surface area contributed by atoms with Crippen LogP contribution in [0.1, 0.15) is 17.3 Å². The van der Waals surface area contributed by atoms with Crippen molar-refractivity contribution in [3.63, 3.8) is 0 Å². The molecule has 1 aliphatic heterocycles. The Kier molecular flexibility index (Phi) is 5.76. The van der Waals surface area contributed by atoms with Crippen LogP contribution in [0.2, 0.25) is 0 Å². The van der Waals surface area contributed by atoms with E-state index in [0.717, 1.165) is 0 Å². The van der Waals surface area contributed by atoms with Crippen LogP contribution in [-0.2, 0) is 9.53 Å². The lowest BCUT2D eigenvalue weighted by molar-refractivity contribution is -0.132. The van der Waals surface area contributed by atoms with Crippen molar-refractivity contribution in [1.29, 1.82) is 0 Å². The van der Waals surface area contributed by atoms with Gasteiger partial charge in [-0.15, -0.1) is 11.3 Å².